The average Bonchev–Trinajstić information content (AvgIpc) is 1.55. The van der Waals surface area contributed by atoms with Crippen molar-refractivity contribution in [3.8, 4) is 111 Å². The van der Waals surface area contributed by atoms with E-state index in [0.717, 1.165) is 156 Å². The number of hydrogen-bond acceptors (Lipinski definition) is 4. The Labute approximate surface area is 767 Å². The second-order valence-electron chi connectivity index (χ2n) is 34.8. The van der Waals surface area contributed by atoms with Gasteiger partial charge in [-0.2, -0.15) is 0 Å². The molecule has 0 saturated heterocycles. The Bertz CT molecular complexity index is 8290. The Kier molecular flexibility index (Phi) is 18.7. The highest BCUT2D eigenvalue weighted by Gasteiger charge is 2.48. The lowest BCUT2D eigenvalue weighted by atomic mass is 9.67. The van der Waals surface area contributed by atoms with Gasteiger partial charge < -0.3 is 18.6 Å². The van der Waals surface area contributed by atoms with E-state index < -0.39 is 10.8 Å². The van der Waals surface area contributed by atoms with Crippen LogP contribution in [0.4, 0.5) is 34.1 Å². The van der Waals surface area contributed by atoms with Gasteiger partial charge in [0, 0.05) is 66.5 Å². The van der Waals surface area contributed by atoms with Crippen LogP contribution in [0, 0.1) is 0 Å². The smallest absolute Gasteiger partial charge is 0.143 e. The normalized spacial score (nSPS) is 13.4. The van der Waals surface area contributed by atoms with Crippen LogP contribution in [0.25, 0.3) is 155 Å². The summed E-state index contributed by atoms with van der Waals surface area (Å²) in [6.07, 6.45) is 0. The number of para-hydroxylation sites is 6. The molecule has 0 radical (unpaired) electrons. The summed E-state index contributed by atoms with van der Waals surface area (Å²) in [4.78, 5) is 4.88. The van der Waals surface area contributed by atoms with Crippen LogP contribution >= 0.6 is 0 Å². The summed E-state index contributed by atoms with van der Waals surface area (Å²) in [5, 5.41) is 4.44. The Morgan fingerprint density at radius 1 is 0.152 bits per heavy atom. The van der Waals surface area contributed by atoms with Crippen molar-refractivity contribution >= 4 is 78.0 Å². The number of fused-ring (bicyclic) bond motifs is 12. The molecule has 4 heteroatoms. The largest absolute Gasteiger partial charge is 0.455 e. The lowest BCUT2D eigenvalue weighted by molar-refractivity contribution is 0.669. The molecule has 23 aromatic rings. The molecular weight excluding hydrogens is 1600 g/mol. The van der Waals surface area contributed by atoms with Crippen molar-refractivity contribution in [2.75, 3.05) is 9.80 Å². The van der Waals surface area contributed by atoms with E-state index in [-0.39, 0.29) is 0 Å². The van der Waals surface area contributed by atoms with E-state index in [9.17, 15) is 0 Å². The highest BCUT2D eigenvalue weighted by Crippen LogP contribution is 2.60. The van der Waals surface area contributed by atoms with E-state index in [1.165, 1.54) is 77.9 Å². The average molecular weight is 1680 g/mol. The van der Waals surface area contributed by atoms with Crippen LogP contribution in [0.2, 0.25) is 0 Å². The van der Waals surface area contributed by atoms with Crippen molar-refractivity contribution in [3.05, 3.63) is 554 Å². The quantitative estimate of drug-likeness (QED) is 0.0857. The Morgan fingerprint density at radius 2 is 0.432 bits per heavy atom. The predicted molar refractivity (Wildman–Crippen MR) is 548 cm³/mol. The summed E-state index contributed by atoms with van der Waals surface area (Å²) < 4.78 is 13.3. The molecule has 1 atom stereocenters. The molecule has 0 aliphatic heterocycles. The monoisotopic (exact) mass is 1680 g/mol. The third kappa shape index (κ3) is 12.7. The van der Waals surface area contributed by atoms with Crippen LogP contribution < -0.4 is 9.80 Å². The van der Waals surface area contributed by atoms with Crippen LogP contribution in [-0.4, -0.2) is 0 Å². The molecule has 25 rings (SSSR count). The van der Waals surface area contributed by atoms with Gasteiger partial charge in [0.25, 0.3) is 0 Å². The molecule has 0 spiro atoms. The van der Waals surface area contributed by atoms with Crippen LogP contribution in [0.1, 0.15) is 44.5 Å². The van der Waals surface area contributed by atoms with Crippen LogP contribution in [-0.2, 0) is 10.8 Å². The Balaban J connectivity index is 0.571. The molecule has 618 valence electrons. The minimum Gasteiger partial charge on any atom is -0.455 e. The van der Waals surface area contributed by atoms with Gasteiger partial charge in [-0.1, -0.05) is 425 Å². The predicted octanol–water partition coefficient (Wildman–Crippen LogP) is 34.5. The van der Waals surface area contributed by atoms with Gasteiger partial charge >= 0.3 is 0 Å². The summed E-state index contributed by atoms with van der Waals surface area (Å²) in [5.74, 6) is 0. The van der Waals surface area contributed by atoms with Gasteiger partial charge in [-0.25, -0.2) is 0 Å². The highest BCUT2D eigenvalue weighted by molar-refractivity contribution is 6.11. The molecule has 2 aliphatic carbocycles. The van der Waals surface area contributed by atoms with Gasteiger partial charge in [-0.05, 0) is 218 Å². The van der Waals surface area contributed by atoms with E-state index in [1.807, 2.05) is 12.1 Å². The van der Waals surface area contributed by atoms with Crippen molar-refractivity contribution in [2.24, 2.45) is 0 Å². The summed E-state index contributed by atoms with van der Waals surface area (Å²) in [7, 11) is 0. The molecule has 2 heterocycles. The van der Waals surface area contributed by atoms with Gasteiger partial charge in [-0.3, -0.25) is 0 Å². The number of benzene rings is 21. The second-order valence-corrected chi connectivity index (χ2v) is 34.8. The topological polar surface area (TPSA) is 32.8 Å². The molecule has 0 bridgehead atoms. The van der Waals surface area contributed by atoms with Crippen molar-refractivity contribution < 1.29 is 8.83 Å². The van der Waals surface area contributed by atoms with E-state index in [1.54, 1.807) is 0 Å². The highest BCUT2D eigenvalue weighted by atomic mass is 16.3. The first-order valence-corrected chi connectivity index (χ1v) is 45.5. The third-order valence-corrected chi connectivity index (χ3v) is 27.7. The molecule has 4 nitrogen and oxygen atoms in total. The van der Waals surface area contributed by atoms with Crippen molar-refractivity contribution in [1.82, 2.24) is 0 Å². The Hall–Kier alpha value is -17.2. The number of nitrogens with zero attached hydrogens (tertiary/aromatic N) is 2. The number of rotatable bonds is 18. The Morgan fingerprint density at radius 3 is 0.924 bits per heavy atom. The van der Waals surface area contributed by atoms with Gasteiger partial charge in [-0.15, -0.1) is 0 Å². The fraction of sp³-hybridized carbons (Fsp3) is 0.0156. The first-order valence-electron chi connectivity index (χ1n) is 45.5. The molecule has 0 fully saturated rings. The van der Waals surface area contributed by atoms with E-state index >= 15 is 0 Å². The molecule has 132 heavy (non-hydrogen) atoms. The summed E-state index contributed by atoms with van der Waals surface area (Å²) >= 11 is 0. The molecule has 2 aromatic heterocycles. The van der Waals surface area contributed by atoms with Crippen LogP contribution in [0.3, 0.4) is 0 Å². The zero-order chi connectivity index (χ0) is 87.2. The van der Waals surface area contributed by atoms with Gasteiger partial charge in [0.2, 0.25) is 0 Å². The van der Waals surface area contributed by atoms with Crippen LogP contribution in [0.5, 0.6) is 0 Å². The first kappa shape index (κ1) is 77.2. The molecule has 0 N–H and O–H groups in total. The van der Waals surface area contributed by atoms with E-state index in [0.29, 0.717) is 0 Å². The van der Waals surface area contributed by atoms with E-state index in [2.05, 4.69) is 507 Å². The van der Waals surface area contributed by atoms with Crippen molar-refractivity contribution in [1.29, 1.82) is 0 Å². The molecule has 0 amide bonds. The lowest BCUT2D eigenvalue weighted by Crippen LogP contribution is -2.29. The second kappa shape index (κ2) is 32.0. The lowest BCUT2D eigenvalue weighted by Gasteiger charge is -2.35. The van der Waals surface area contributed by atoms with E-state index in [4.69, 9.17) is 8.83 Å². The number of furan rings is 2. The first-order chi connectivity index (χ1) is 65.4. The summed E-state index contributed by atoms with van der Waals surface area (Å²) in [6, 6.07) is 188. The van der Waals surface area contributed by atoms with Gasteiger partial charge in [0.05, 0.1) is 22.2 Å². The maximum atomic E-state index is 6.64. The molecule has 2 aliphatic rings. The summed E-state index contributed by atoms with van der Waals surface area (Å²) in [5.41, 5.74) is 41.3. The van der Waals surface area contributed by atoms with Gasteiger partial charge in [0.15, 0.2) is 0 Å². The third-order valence-electron chi connectivity index (χ3n) is 27.7. The minimum atomic E-state index is -0.750. The maximum Gasteiger partial charge on any atom is 0.143 e. The fourth-order valence-electron chi connectivity index (χ4n) is 21.6. The SMILES string of the molecule is c1ccc(-c2ccc(C3(c4ccc(-c5ccc(-c6cccc(-c7ccccc7N(c7ccc(-c8ccc9c(c8)C(c8ccccc8)(c8ccccc8)c8ccccc8-9)cc7)c7ccc(-c8cccc9c8oc8ccccc89)cc7)c6)cc5)cc4)c4ccccc4-c4ccc(N(c5ccc(-c6cccc7c6oc6ccccc67)cc5)c5ccccc5-c5ccccc5)cc43)cc2)cc1. The molecule has 0 saturated carbocycles. The molecule has 1 unspecified atom stereocenters. The standard InChI is InChI=1S/C128H84N2O2/c1-5-28-85(29-6-1)87-58-69-99(70-59-87)128(118-49-20-14-41-110(118)112-81-79-104(84-120(112)128)130(121-50-21-15-38-105(121)91-30-7-2-8-31-91)103-77-66-93(67-78-103)108-45-27-47-116-114-43-18-24-53-124(114)132-126(108)116)100-71-60-88(61-72-100)86-54-56-89(57-55-86)94-32-25-33-96(82-94)106-39-16-22-51-122(106)129(102-75-64-92(65-76-102)107-44-26-46-115-113-42-17-23-52-123(113)131-125(107)115)101-73-62-90(63-74-101)95-68-80-111-109-40-13-19-48-117(109)127(119(111)83-95,97-34-9-3-10-35-97)98-36-11-4-12-37-98/h1-84H. The number of hydrogen-bond donors (Lipinski definition) is 0. The van der Waals surface area contributed by atoms with Crippen LogP contribution in [0.15, 0.2) is 518 Å². The zero-order valence-corrected chi connectivity index (χ0v) is 72.2. The number of anilines is 6. The molecule has 21 aromatic carbocycles. The molecular formula is C128H84N2O2. The summed E-state index contributed by atoms with van der Waals surface area (Å²) in [6.45, 7) is 0. The minimum absolute atomic E-state index is 0.519. The maximum absolute atomic E-state index is 6.64. The zero-order valence-electron chi connectivity index (χ0n) is 72.2. The van der Waals surface area contributed by atoms with Gasteiger partial charge in [0.1, 0.15) is 22.3 Å². The fourth-order valence-corrected chi connectivity index (χ4v) is 21.6. The van der Waals surface area contributed by atoms with Crippen molar-refractivity contribution in [3.63, 3.8) is 0 Å². The van der Waals surface area contributed by atoms with Crippen molar-refractivity contribution in [2.45, 2.75) is 10.8 Å².